The largest absolute Gasteiger partial charge is 0.296 e. The van der Waals surface area contributed by atoms with Crippen LogP contribution in [0, 0.1) is 6.92 Å². The van der Waals surface area contributed by atoms with E-state index in [9.17, 15) is 9.59 Å². The minimum atomic E-state index is -0.238. The second kappa shape index (κ2) is 3.17. The molecule has 12 heavy (non-hydrogen) atoms. The Morgan fingerprint density at radius 3 is 2.58 bits per heavy atom. The Bertz CT molecular complexity index is 377. The van der Waals surface area contributed by atoms with Crippen LogP contribution in [0.4, 0.5) is 0 Å². The average Bonchev–Trinajstić information content (AvgIpc) is 2.08. The third-order valence-electron chi connectivity index (χ3n) is 1.67. The smallest absolute Gasteiger partial charge is 0.255 e. The van der Waals surface area contributed by atoms with Crippen LogP contribution in [0.15, 0.2) is 23.5 Å². The maximum Gasteiger partial charge on any atom is 0.255 e. The quantitative estimate of drug-likeness (QED) is 0.612. The molecule has 3 heteroatoms. The third kappa shape index (κ3) is 1.21. The molecule has 0 bridgehead atoms. The summed E-state index contributed by atoms with van der Waals surface area (Å²) in [6.45, 7) is 5.21. The van der Waals surface area contributed by atoms with E-state index in [2.05, 4.69) is 6.58 Å². The summed E-state index contributed by atoms with van der Waals surface area (Å²) >= 11 is 0. The molecule has 0 aliphatic carbocycles. The van der Waals surface area contributed by atoms with Gasteiger partial charge in [-0.1, -0.05) is 12.6 Å². The molecule has 3 nitrogen and oxygen atoms in total. The first-order chi connectivity index (χ1) is 5.70. The summed E-state index contributed by atoms with van der Waals surface area (Å²) in [7, 11) is 0. The highest BCUT2D eigenvalue weighted by molar-refractivity contribution is 5.75. The third-order valence-corrected chi connectivity index (χ3v) is 1.67. The molecule has 1 heterocycles. The van der Waals surface area contributed by atoms with E-state index in [4.69, 9.17) is 0 Å². The number of hydrogen-bond donors (Lipinski definition) is 0. The maximum atomic E-state index is 11.1. The predicted molar refractivity (Wildman–Crippen MR) is 47.2 cm³/mol. The fourth-order valence-electron chi connectivity index (χ4n) is 1.01. The lowest BCUT2D eigenvalue weighted by molar-refractivity contribution is 0.111. The van der Waals surface area contributed by atoms with Crippen LogP contribution in [0.2, 0.25) is 0 Å². The Balaban J connectivity index is 3.59. The molecule has 0 fully saturated rings. The van der Waals surface area contributed by atoms with Crippen LogP contribution in [0.3, 0.4) is 0 Å². The Morgan fingerprint density at radius 1 is 1.50 bits per heavy atom. The summed E-state index contributed by atoms with van der Waals surface area (Å²) < 4.78 is 1.22. The average molecular weight is 163 g/mol. The molecule has 0 aliphatic rings. The molecule has 0 atom stereocenters. The number of nitrogens with zero attached hydrogens (tertiary/aromatic N) is 1. The summed E-state index contributed by atoms with van der Waals surface area (Å²) in [6.07, 6.45) is 1.98. The van der Waals surface area contributed by atoms with Gasteiger partial charge in [-0.3, -0.25) is 14.2 Å². The van der Waals surface area contributed by atoms with Crippen LogP contribution in [0.5, 0.6) is 0 Å². The number of pyridine rings is 1. The fraction of sp³-hybridized carbons (Fsp3) is 0.111. The molecule has 1 rings (SSSR count). The van der Waals surface area contributed by atoms with Crippen molar-refractivity contribution in [3.05, 3.63) is 40.3 Å². The first kappa shape index (κ1) is 8.46. The van der Waals surface area contributed by atoms with Crippen LogP contribution in [0.1, 0.15) is 16.1 Å². The second-order valence-corrected chi connectivity index (χ2v) is 2.41. The van der Waals surface area contributed by atoms with Crippen molar-refractivity contribution < 1.29 is 4.79 Å². The van der Waals surface area contributed by atoms with E-state index in [0.717, 1.165) is 5.56 Å². The van der Waals surface area contributed by atoms with Crippen LogP contribution in [-0.2, 0) is 0 Å². The summed E-state index contributed by atoms with van der Waals surface area (Å²) in [6, 6.07) is 3.02. The molecule has 0 aromatic carbocycles. The van der Waals surface area contributed by atoms with Crippen molar-refractivity contribution in [1.82, 2.24) is 4.57 Å². The summed E-state index contributed by atoms with van der Waals surface area (Å²) in [5.74, 6) is 0. The fourth-order valence-corrected chi connectivity index (χ4v) is 1.01. The molecule has 0 unspecified atom stereocenters. The van der Waals surface area contributed by atoms with Crippen LogP contribution >= 0.6 is 0 Å². The minimum Gasteiger partial charge on any atom is -0.296 e. The number of aryl methyl sites for hydroxylation is 1. The number of carbonyl (C=O) groups excluding carboxylic acids is 1. The molecule has 0 N–H and O–H groups in total. The van der Waals surface area contributed by atoms with Gasteiger partial charge in [-0.2, -0.15) is 0 Å². The molecule has 0 aliphatic heterocycles. The van der Waals surface area contributed by atoms with Gasteiger partial charge >= 0.3 is 0 Å². The predicted octanol–water partition coefficient (Wildman–Crippen LogP) is 1.07. The van der Waals surface area contributed by atoms with Crippen LogP contribution in [0.25, 0.3) is 6.20 Å². The Hall–Kier alpha value is -1.64. The van der Waals surface area contributed by atoms with Crippen molar-refractivity contribution in [2.24, 2.45) is 0 Å². The molecule has 1 aromatic heterocycles. The zero-order chi connectivity index (χ0) is 9.14. The van der Waals surface area contributed by atoms with E-state index in [-0.39, 0.29) is 5.56 Å². The zero-order valence-electron chi connectivity index (χ0n) is 6.78. The van der Waals surface area contributed by atoms with Crippen molar-refractivity contribution in [3.63, 3.8) is 0 Å². The van der Waals surface area contributed by atoms with E-state index in [1.54, 1.807) is 13.0 Å². The van der Waals surface area contributed by atoms with Gasteiger partial charge < -0.3 is 0 Å². The second-order valence-electron chi connectivity index (χ2n) is 2.41. The number of aldehydes is 1. The number of aromatic nitrogens is 1. The van der Waals surface area contributed by atoms with E-state index in [1.165, 1.54) is 16.8 Å². The van der Waals surface area contributed by atoms with Gasteiger partial charge in [0.25, 0.3) is 5.56 Å². The van der Waals surface area contributed by atoms with Crippen molar-refractivity contribution in [2.45, 2.75) is 6.92 Å². The molecule has 0 radical (unpaired) electrons. The highest BCUT2D eigenvalue weighted by Gasteiger charge is 2.02. The highest BCUT2D eigenvalue weighted by atomic mass is 16.1. The lowest BCUT2D eigenvalue weighted by Crippen LogP contribution is -2.18. The normalized spacial score (nSPS) is 9.42. The van der Waals surface area contributed by atoms with E-state index in [1.807, 2.05) is 0 Å². The van der Waals surface area contributed by atoms with Gasteiger partial charge in [-0.15, -0.1) is 0 Å². The molecular formula is C9H9NO2. The highest BCUT2D eigenvalue weighted by Crippen LogP contribution is 2.01. The summed E-state index contributed by atoms with van der Waals surface area (Å²) in [4.78, 5) is 21.7. The molecule has 0 amide bonds. The zero-order valence-corrected chi connectivity index (χ0v) is 6.78. The lowest BCUT2D eigenvalue weighted by atomic mass is 10.2. The monoisotopic (exact) mass is 163 g/mol. The van der Waals surface area contributed by atoms with E-state index in [0.29, 0.717) is 12.0 Å². The summed E-state index contributed by atoms with van der Waals surface area (Å²) in [5.41, 5.74) is 0.889. The Labute approximate surface area is 70.0 Å². The molecule has 0 saturated carbocycles. The molecule has 0 saturated heterocycles. The van der Waals surface area contributed by atoms with Gasteiger partial charge in [0.1, 0.15) is 0 Å². The van der Waals surface area contributed by atoms with Crippen LogP contribution < -0.4 is 5.56 Å². The first-order valence-corrected chi connectivity index (χ1v) is 3.50. The van der Waals surface area contributed by atoms with Gasteiger partial charge in [0.2, 0.25) is 0 Å². The van der Waals surface area contributed by atoms with Crippen molar-refractivity contribution in [1.29, 1.82) is 0 Å². The number of hydrogen-bond acceptors (Lipinski definition) is 2. The van der Waals surface area contributed by atoms with Crippen molar-refractivity contribution in [3.8, 4) is 0 Å². The Morgan fingerprint density at radius 2 is 2.17 bits per heavy atom. The SMILES string of the molecule is C=Cn1c(C=O)c(C)ccc1=O. The van der Waals surface area contributed by atoms with Gasteiger partial charge in [0.15, 0.2) is 6.29 Å². The van der Waals surface area contributed by atoms with Gasteiger partial charge in [0.05, 0.1) is 5.69 Å². The van der Waals surface area contributed by atoms with Gasteiger partial charge in [0, 0.05) is 12.3 Å². The summed E-state index contributed by atoms with van der Waals surface area (Å²) in [5, 5.41) is 0. The molecule has 0 spiro atoms. The van der Waals surface area contributed by atoms with Gasteiger partial charge in [-0.05, 0) is 12.5 Å². The first-order valence-electron chi connectivity index (χ1n) is 3.50. The number of carbonyl (C=O) groups is 1. The molecular weight excluding hydrogens is 154 g/mol. The number of rotatable bonds is 2. The van der Waals surface area contributed by atoms with Crippen molar-refractivity contribution in [2.75, 3.05) is 0 Å². The van der Waals surface area contributed by atoms with Crippen LogP contribution in [-0.4, -0.2) is 10.9 Å². The molecule has 62 valence electrons. The van der Waals surface area contributed by atoms with E-state index >= 15 is 0 Å². The standard InChI is InChI=1S/C9H9NO2/c1-3-10-8(6-11)7(2)4-5-9(10)12/h3-6H,1H2,2H3. The molecule has 1 aromatic rings. The van der Waals surface area contributed by atoms with E-state index < -0.39 is 0 Å². The Kier molecular flexibility index (Phi) is 2.24. The van der Waals surface area contributed by atoms with Gasteiger partial charge in [-0.25, -0.2) is 0 Å². The topological polar surface area (TPSA) is 39.1 Å². The van der Waals surface area contributed by atoms with Crippen molar-refractivity contribution >= 4 is 12.5 Å². The maximum absolute atomic E-state index is 11.1. The minimum absolute atomic E-state index is 0.238. The lowest BCUT2D eigenvalue weighted by Gasteiger charge is -2.03.